The second kappa shape index (κ2) is 5.81. The van der Waals surface area contributed by atoms with Crippen LogP contribution >= 0.6 is 15.9 Å². The number of nitrogens with zero attached hydrogens (tertiary/aromatic N) is 3. The second-order valence-electron chi connectivity index (χ2n) is 5.11. The molecule has 6 heteroatoms. The lowest BCUT2D eigenvalue weighted by molar-refractivity contribution is 0.0926. The van der Waals surface area contributed by atoms with E-state index in [9.17, 15) is 4.79 Å². The minimum Gasteiger partial charge on any atom is -0.372 e. The molecule has 1 unspecified atom stereocenters. The maximum absolute atomic E-state index is 12.2. The van der Waals surface area contributed by atoms with Gasteiger partial charge >= 0.3 is 0 Å². The number of amides is 1. The fourth-order valence-electron chi connectivity index (χ4n) is 2.59. The number of anilines is 1. The maximum Gasteiger partial charge on any atom is 0.289 e. The van der Waals surface area contributed by atoms with Crippen molar-refractivity contribution in [2.45, 2.75) is 12.5 Å². The number of benzene rings is 1. The van der Waals surface area contributed by atoms with Gasteiger partial charge in [0.05, 0.1) is 10.5 Å². The van der Waals surface area contributed by atoms with Gasteiger partial charge in [0.2, 0.25) is 5.82 Å². The first kappa shape index (κ1) is 14.0. The van der Waals surface area contributed by atoms with Gasteiger partial charge in [-0.1, -0.05) is 18.2 Å². The summed E-state index contributed by atoms with van der Waals surface area (Å²) in [6, 6.07) is 8.31. The Balaban J connectivity index is 1.72. The third kappa shape index (κ3) is 3.05. The highest BCUT2D eigenvalue weighted by atomic mass is 79.9. The number of aromatic nitrogens is 2. The fraction of sp³-hybridized carbons (Fsp3) is 0.267. The molecule has 1 N–H and O–H groups in total. The average molecular weight is 347 g/mol. The van der Waals surface area contributed by atoms with Crippen molar-refractivity contribution in [1.82, 2.24) is 15.3 Å². The summed E-state index contributed by atoms with van der Waals surface area (Å²) in [5.41, 5.74) is 2.47. The van der Waals surface area contributed by atoms with Crippen LogP contribution in [-0.4, -0.2) is 35.5 Å². The number of fused-ring (bicyclic) bond motifs is 1. The molecule has 1 aromatic carbocycles. The topological polar surface area (TPSA) is 58.1 Å². The molecule has 2 aromatic rings. The number of para-hydroxylation sites is 1. The number of carbonyl (C=O) groups is 1. The Morgan fingerprint density at radius 2 is 2.05 bits per heavy atom. The van der Waals surface area contributed by atoms with Gasteiger partial charge in [-0.2, -0.15) is 0 Å². The van der Waals surface area contributed by atoms with Gasteiger partial charge < -0.3 is 10.2 Å². The monoisotopic (exact) mass is 346 g/mol. The number of hydrogen-bond donors (Lipinski definition) is 1. The number of halogens is 1. The van der Waals surface area contributed by atoms with Crippen LogP contribution in [0.1, 0.15) is 16.2 Å². The highest BCUT2D eigenvalue weighted by molar-refractivity contribution is 9.10. The summed E-state index contributed by atoms with van der Waals surface area (Å²) in [6.07, 6.45) is 3.97. The number of nitrogens with one attached hydrogen (secondary N) is 1. The molecule has 1 aliphatic heterocycles. The van der Waals surface area contributed by atoms with Crippen molar-refractivity contribution in [1.29, 1.82) is 0 Å². The van der Waals surface area contributed by atoms with E-state index in [4.69, 9.17) is 0 Å². The first-order valence-corrected chi connectivity index (χ1v) is 7.50. The molecule has 0 saturated heterocycles. The van der Waals surface area contributed by atoms with Crippen molar-refractivity contribution in [3.63, 3.8) is 0 Å². The van der Waals surface area contributed by atoms with E-state index in [2.05, 4.69) is 48.2 Å². The molecule has 1 aromatic heterocycles. The van der Waals surface area contributed by atoms with Crippen LogP contribution in [0.4, 0.5) is 5.69 Å². The van der Waals surface area contributed by atoms with Gasteiger partial charge in [-0.05, 0) is 34.0 Å². The molecular formula is C15H15BrN4O. The average Bonchev–Trinajstić information content (AvgIpc) is 2.48. The standard InChI is InChI=1S/C15H15BrN4O/c1-20-9-12(6-10-4-2-3-5-13(10)20)19-15(21)14-17-7-11(16)8-18-14/h2-5,7-8,12H,6,9H2,1H3,(H,19,21). The van der Waals surface area contributed by atoms with Crippen LogP contribution in [0.25, 0.3) is 0 Å². The van der Waals surface area contributed by atoms with Gasteiger partial charge in [-0.25, -0.2) is 9.97 Å². The van der Waals surface area contributed by atoms with Crippen LogP contribution in [0, 0.1) is 0 Å². The van der Waals surface area contributed by atoms with Gasteiger partial charge in [0.1, 0.15) is 0 Å². The molecule has 0 radical (unpaired) electrons. The molecule has 108 valence electrons. The fourth-order valence-corrected chi connectivity index (χ4v) is 2.80. The number of carbonyl (C=O) groups excluding carboxylic acids is 1. The van der Waals surface area contributed by atoms with Crippen molar-refractivity contribution in [3.05, 3.63) is 52.5 Å². The summed E-state index contributed by atoms with van der Waals surface area (Å²) in [5.74, 6) is -0.0417. The molecular weight excluding hydrogens is 332 g/mol. The highest BCUT2D eigenvalue weighted by Gasteiger charge is 2.24. The minimum absolute atomic E-state index is 0.0599. The Kier molecular flexibility index (Phi) is 3.88. The predicted molar refractivity (Wildman–Crippen MR) is 84.4 cm³/mol. The normalized spacial score (nSPS) is 17.2. The van der Waals surface area contributed by atoms with E-state index in [-0.39, 0.29) is 17.8 Å². The van der Waals surface area contributed by atoms with E-state index in [1.807, 2.05) is 19.2 Å². The zero-order valence-corrected chi connectivity index (χ0v) is 13.2. The quantitative estimate of drug-likeness (QED) is 0.903. The van der Waals surface area contributed by atoms with Gasteiger partial charge in [0.15, 0.2) is 0 Å². The Morgan fingerprint density at radius 1 is 1.33 bits per heavy atom. The second-order valence-corrected chi connectivity index (χ2v) is 6.02. The van der Waals surface area contributed by atoms with Crippen LogP contribution in [-0.2, 0) is 6.42 Å². The van der Waals surface area contributed by atoms with E-state index in [1.165, 1.54) is 11.3 Å². The lowest BCUT2D eigenvalue weighted by Crippen LogP contribution is -2.47. The zero-order valence-electron chi connectivity index (χ0n) is 11.6. The molecule has 0 saturated carbocycles. The van der Waals surface area contributed by atoms with Crippen LogP contribution < -0.4 is 10.2 Å². The van der Waals surface area contributed by atoms with Crippen molar-refractivity contribution < 1.29 is 4.79 Å². The summed E-state index contributed by atoms with van der Waals surface area (Å²) in [6.45, 7) is 0.777. The molecule has 0 spiro atoms. The molecule has 1 atom stereocenters. The smallest absolute Gasteiger partial charge is 0.289 e. The first-order chi connectivity index (χ1) is 10.1. The van der Waals surface area contributed by atoms with Gasteiger partial charge in [0, 0.05) is 31.7 Å². The highest BCUT2D eigenvalue weighted by Crippen LogP contribution is 2.25. The minimum atomic E-state index is -0.236. The Bertz CT molecular complexity index is 659. The zero-order chi connectivity index (χ0) is 14.8. The molecule has 0 bridgehead atoms. The molecule has 5 nitrogen and oxygen atoms in total. The third-order valence-corrected chi connectivity index (χ3v) is 3.93. The van der Waals surface area contributed by atoms with E-state index in [0.29, 0.717) is 0 Å². The summed E-state index contributed by atoms with van der Waals surface area (Å²) in [4.78, 5) is 22.4. The molecule has 0 aliphatic carbocycles. The summed E-state index contributed by atoms with van der Waals surface area (Å²) < 4.78 is 0.755. The number of rotatable bonds is 2. The molecule has 21 heavy (non-hydrogen) atoms. The molecule has 2 heterocycles. The summed E-state index contributed by atoms with van der Waals surface area (Å²) in [7, 11) is 2.03. The summed E-state index contributed by atoms with van der Waals surface area (Å²) in [5, 5.41) is 3.01. The molecule has 1 aliphatic rings. The van der Waals surface area contributed by atoms with E-state index in [1.54, 1.807) is 12.4 Å². The molecule has 0 fully saturated rings. The lowest BCUT2D eigenvalue weighted by atomic mass is 9.98. The van der Waals surface area contributed by atoms with Crippen molar-refractivity contribution in [3.8, 4) is 0 Å². The van der Waals surface area contributed by atoms with Gasteiger partial charge in [-0.15, -0.1) is 0 Å². The van der Waals surface area contributed by atoms with Crippen LogP contribution in [0.5, 0.6) is 0 Å². The third-order valence-electron chi connectivity index (χ3n) is 3.52. The van der Waals surface area contributed by atoms with Crippen molar-refractivity contribution >= 4 is 27.5 Å². The van der Waals surface area contributed by atoms with Crippen LogP contribution in [0.15, 0.2) is 41.1 Å². The van der Waals surface area contributed by atoms with E-state index >= 15 is 0 Å². The number of likely N-dealkylation sites (N-methyl/N-ethyl adjacent to an activating group) is 1. The summed E-state index contributed by atoms with van der Waals surface area (Å²) >= 11 is 3.26. The predicted octanol–water partition coefficient (Wildman–Crippen LogP) is 2.03. The SMILES string of the molecule is CN1CC(NC(=O)c2ncc(Br)cn2)Cc2ccccc21. The van der Waals surface area contributed by atoms with E-state index < -0.39 is 0 Å². The van der Waals surface area contributed by atoms with Crippen molar-refractivity contribution in [2.75, 3.05) is 18.5 Å². The first-order valence-electron chi connectivity index (χ1n) is 6.71. The lowest BCUT2D eigenvalue weighted by Gasteiger charge is -2.33. The van der Waals surface area contributed by atoms with E-state index in [0.717, 1.165) is 17.4 Å². The molecule has 3 rings (SSSR count). The van der Waals surface area contributed by atoms with Crippen molar-refractivity contribution in [2.24, 2.45) is 0 Å². The van der Waals surface area contributed by atoms with Crippen LogP contribution in [0.3, 0.4) is 0 Å². The van der Waals surface area contributed by atoms with Crippen LogP contribution in [0.2, 0.25) is 0 Å². The maximum atomic E-state index is 12.2. The Morgan fingerprint density at radius 3 is 2.81 bits per heavy atom. The largest absolute Gasteiger partial charge is 0.372 e. The van der Waals surface area contributed by atoms with Gasteiger partial charge in [-0.3, -0.25) is 4.79 Å². The molecule has 1 amide bonds. The Labute approximate surface area is 131 Å². The Hall–Kier alpha value is -1.95. The number of hydrogen-bond acceptors (Lipinski definition) is 4. The van der Waals surface area contributed by atoms with Gasteiger partial charge in [0.25, 0.3) is 5.91 Å².